The van der Waals surface area contributed by atoms with E-state index in [-0.39, 0.29) is 12.0 Å². The van der Waals surface area contributed by atoms with Gasteiger partial charge in [-0.05, 0) is 23.8 Å². The van der Waals surface area contributed by atoms with Crippen LogP contribution in [0.25, 0.3) is 16.6 Å². The van der Waals surface area contributed by atoms with Gasteiger partial charge in [0.05, 0.1) is 24.9 Å². The van der Waals surface area contributed by atoms with E-state index in [9.17, 15) is 4.79 Å². The van der Waals surface area contributed by atoms with Gasteiger partial charge in [0, 0.05) is 43.1 Å². The molecule has 4 aromatic rings. The van der Waals surface area contributed by atoms with Gasteiger partial charge in [-0.2, -0.15) is 0 Å². The van der Waals surface area contributed by atoms with Gasteiger partial charge in [-0.25, -0.2) is 9.50 Å². The number of rotatable bonds is 3. The van der Waals surface area contributed by atoms with Crippen molar-refractivity contribution in [2.45, 2.75) is 6.10 Å². The highest BCUT2D eigenvalue weighted by molar-refractivity contribution is 5.92. The molecular formula is C20H17N7O2. The maximum atomic E-state index is 12.7. The molecule has 144 valence electrons. The van der Waals surface area contributed by atoms with Crippen LogP contribution in [-0.2, 0) is 4.74 Å². The minimum Gasteiger partial charge on any atom is -0.368 e. The van der Waals surface area contributed by atoms with Crippen molar-refractivity contribution in [2.24, 2.45) is 0 Å². The van der Waals surface area contributed by atoms with E-state index in [0.717, 1.165) is 16.6 Å². The van der Waals surface area contributed by atoms with Crippen LogP contribution in [0.5, 0.6) is 0 Å². The molecule has 9 nitrogen and oxygen atoms in total. The normalized spacial score (nSPS) is 16.8. The van der Waals surface area contributed by atoms with Gasteiger partial charge in [-0.3, -0.25) is 14.8 Å². The molecule has 0 unspecified atom stereocenters. The molecule has 4 aromatic heterocycles. The number of pyridine rings is 2. The second-order valence-corrected chi connectivity index (χ2v) is 6.66. The SMILES string of the molecule is O=C(c1cnccn1)N1CCO[C@@H](c2nnn3cc(-c4ccncc4)ccc23)C1. The van der Waals surface area contributed by atoms with E-state index >= 15 is 0 Å². The predicted octanol–water partition coefficient (Wildman–Crippen LogP) is 1.79. The smallest absolute Gasteiger partial charge is 0.274 e. The summed E-state index contributed by atoms with van der Waals surface area (Å²) in [6.45, 7) is 1.30. The molecule has 1 aliphatic heterocycles. The van der Waals surface area contributed by atoms with Gasteiger partial charge >= 0.3 is 0 Å². The maximum absolute atomic E-state index is 12.7. The van der Waals surface area contributed by atoms with Crippen molar-refractivity contribution < 1.29 is 9.53 Å². The molecule has 0 bridgehead atoms. The quantitative estimate of drug-likeness (QED) is 0.528. The van der Waals surface area contributed by atoms with Crippen LogP contribution in [0.15, 0.2) is 61.4 Å². The van der Waals surface area contributed by atoms with Crippen molar-refractivity contribution in [3.05, 3.63) is 72.8 Å². The average Bonchev–Trinajstić information content (AvgIpc) is 3.23. The number of nitrogens with zero attached hydrogens (tertiary/aromatic N) is 7. The summed E-state index contributed by atoms with van der Waals surface area (Å²) in [7, 11) is 0. The number of morpholine rings is 1. The molecule has 0 aliphatic carbocycles. The highest BCUT2D eigenvalue weighted by Crippen LogP contribution is 2.27. The Morgan fingerprint density at radius 1 is 1.03 bits per heavy atom. The second-order valence-electron chi connectivity index (χ2n) is 6.66. The van der Waals surface area contributed by atoms with E-state index in [0.29, 0.717) is 31.1 Å². The molecule has 0 aromatic carbocycles. The fourth-order valence-electron chi connectivity index (χ4n) is 3.43. The Morgan fingerprint density at radius 3 is 2.76 bits per heavy atom. The summed E-state index contributed by atoms with van der Waals surface area (Å²) >= 11 is 0. The van der Waals surface area contributed by atoms with E-state index in [2.05, 4.69) is 25.3 Å². The van der Waals surface area contributed by atoms with Gasteiger partial charge < -0.3 is 9.64 Å². The Kier molecular flexibility index (Phi) is 4.41. The van der Waals surface area contributed by atoms with Crippen molar-refractivity contribution in [3.63, 3.8) is 0 Å². The van der Waals surface area contributed by atoms with Crippen LogP contribution >= 0.6 is 0 Å². The third-order valence-electron chi connectivity index (χ3n) is 4.89. The van der Waals surface area contributed by atoms with Gasteiger partial charge in [-0.15, -0.1) is 5.10 Å². The zero-order valence-corrected chi connectivity index (χ0v) is 15.4. The predicted molar refractivity (Wildman–Crippen MR) is 103 cm³/mol. The number of fused-ring (bicyclic) bond motifs is 1. The van der Waals surface area contributed by atoms with Crippen LogP contribution in [0.4, 0.5) is 0 Å². The molecule has 1 atom stereocenters. The lowest BCUT2D eigenvalue weighted by molar-refractivity contribution is -0.0243. The van der Waals surface area contributed by atoms with Crippen molar-refractivity contribution in [3.8, 4) is 11.1 Å². The fourth-order valence-corrected chi connectivity index (χ4v) is 3.43. The molecule has 1 fully saturated rings. The monoisotopic (exact) mass is 387 g/mol. The van der Waals surface area contributed by atoms with Crippen LogP contribution in [0.1, 0.15) is 22.3 Å². The Balaban J connectivity index is 1.41. The van der Waals surface area contributed by atoms with E-state index < -0.39 is 0 Å². The Bertz CT molecular complexity index is 1150. The highest BCUT2D eigenvalue weighted by Gasteiger charge is 2.29. The molecule has 9 heteroatoms. The maximum Gasteiger partial charge on any atom is 0.274 e. The molecule has 0 saturated carbocycles. The summed E-state index contributed by atoms with van der Waals surface area (Å²) < 4.78 is 7.64. The first kappa shape index (κ1) is 17.4. The Morgan fingerprint density at radius 2 is 1.93 bits per heavy atom. The van der Waals surface area contributed by atoms with Crippen molar-refractivity contribution in [1.29, 1.82) is 0 Å². The molecule has 5 rings (SSSR count). The minimum atomic E-state index is -0.353. The molecule has 0 N–H and O–H groups in total. The molecule has 1 saturated heterocycles. The lowest BCUT2D eigenvalue weighted by Crippen LogP contribution is -2.42. The van der Waals surface area contributed by atoms with Gasteiger partial charge in [0.15, 0.2) is 0 Å². The van der Waals surface area contributed by atoms with Gasteiger partial charge in [0.1, 0.15) is 17.5 Å². The van der Waals surface area contributed by atoms with Gasteiger partial charge in [0.25, 0.3) is 5.91 Å². The fraction of sp³-hybridized carbons (Fsp3) is 0.200. The van der Waals surface area contributed by atoms with E-state index in [1.165, 1.54) is 12.4 Å². The number of amides is 1. The van der Waals surface area contributed by atoms with Crippen molar-refractivity contribution in [2.75, 3.05) is 19.7 Å². The number of aromatic nitrogens is 6. The van der Waals surface area contributed by atoms with Crippen LogP contribution in [0.2, 0.25) is 0 Å². The van der Waals surface area contributed by atoms with Crippen LogP contribution in [0, 0.1) is 0 Å². The molecule has 1 amide bonds. The Labute approximate surface area is 166 Å². The summed E-state index contributed by atoms with van der Waals surface area (Å²) in [5.74, 6) is -0.164. The molecule has 0 radical (unpaired) electrons. The highest BCUT2D eigenvalue weighted by atomic mass is 16.5. The topological polar surface area (TPSA) is 98.4 Å². The summed E-state index contributed by atoms with van der Waals surface area (Å²) in [6.07, 6.45) is 9.61. The van der Waals surface area contributed by atoms with Gasteiger partial charge in [0.2, 0.25) is 0 Å². The van der Waals surface area contributed by atoms with E-state index in [1.54, 1.807) is 28.0 Å². The molecule has 1 aliphatic rings. The summed E-state index contributed by atoms with van der Waals surface area (Å²) in [6, 6.07) is 7.87. The molecule has 0 spiro atoms. The van der Waals surface area contributed by atoms with Crippen LogP contribution in [-0.4, -0.2) is 60.3 Å². The third-order valence-corrected chi connectivity index (χ3v) is 4.89. The lowest BCUT2D eigenvalue weighted by Gasteiger charge is -2.31. The van der Waals surface area contributed by atoms with Crippen molar-refractivity contribution in [1.82, 2.24) is 34.7 Å². The number of carbonyl (C=O) groups is 1. The zero-order chi connectivity index (χ0) is 19.6. The van der Waals surface area contributed by atoms with Crippen LogP contribution < -0.4 is 0 Å². The Hall–Kier alpha value is -3.72. The first-order valence-electron chi connectivity index (χ1n) is 9.22. The average molecular weight is 387 g/mol. The summed E-state index contributed by atoms with van der Waals surface area (Å²) in [5, 5.41) is 8.58. The standard InChI is InChI=1S/C20H17N7O2/c28-20(16-11-22-7-8-23-16)26-9-10-29-18(13-26)19-17-2-1-15(12-27(17)25-24-19)14-3-5-21-6-4-14/h1-8,11-12,18H,9-10,13H2/t18-/m1/s1. The minimum absolute atomic E-state index is 0.164. The van der Waals surface area contributed by atoms with E-state index in [1.807, 2.05) is 30.5 Å². The molecule has 29 heavy (non-hydrogen) atoms. The second kappa shape index (κ2) is 7.36. The summed E-state index contributed by atoms with van der Waals surface area (Å²) in [4.78, 5) is 26.5. The first-order chi connectivity index (χ1) is 14.3. The lowest BCUT2D eigenvalue weighted by atomic mass is 10.1. The first-order valence-corrected chi connectivity index (χ1v) is 9.22. The van der Waals surface area contributed by atoms with Crippen LogP contribution in [0.3, 0.4) is 0 Å². The number of carbonyl (C=O) groups excluding carboxylic acids is 1. The summed E-state index contributed by atoms with van der Waals surface area (Å²) in [5.41, 5.74) is 3.95. The van der Waals surface area contributed by atoms with Gasteiger partial charge in [-0.1, -0.05) is 11.3 Å². The number of hydrogen-bond acceptors (Lipinski definition) is 7. The van der Waals surface area contributed by atoms with E-state index in [4.69, 9.17) is 4.74 Å². The molecule has 5 heterocycles. The number of hydrogen-bond donors (Lipinski definition) is 0. The largest absolute Gasteiger partial charge is 0.368 e. The third kappa shape index (κ3) is 3.32. The zero-order valence-electron chi connectivity index (χ0n) is 15.4. The number of ether oxygens (including phenoxy) is 1. The van der Waals surface area contributed by atoms with Crippen molar-refractivity contribution >= 4 is 11.4 Å². The molecular weight excluding hydrogens is 370 g/mol.